The summed E-state index contributed by atoms with van der Waals surface area (Å²) in [4.78, 5) is 5.87. The second-order valence-electron chi connectivity index (χ2n) is 6.69. The van der Waals surface area contributed by atoms with Crippen LogP contribution in [0.5, 0.6) is 0 Å². The molecule has 0 saturated carbocycles. The van der Waals surface area contributed by atoms with Crippen molar-refractivity contribution in [1.82, 2.24) is 4.68 Å². The second kappa shape index (κ2) is 9.03. The van der Waals surface area contributed by atoms with Crippen molar-refractivity contribution in [2.24, 2.45) is 4.99 Å². The zero-order valence-electron chi connectivity index (χ0n) is 15.9. The van der Waals surface area contributed by atoms with Crippen LogP contribution in [-0.4, -0.2) is 31.0 Å². The smallest absolute Gasteiger partial charge is 0.209 e. The molecule has 1 aliphatic heterocycles. The van der Waals surface area contributed by atoms with E-state index in [1.54, 1.807) is 11.3 Å². The molecule has 7 heteroatoms. The first-order valence-electron chi connectivity index (χ1n) is 9.03. The molecule has 1 aliphatic rings. The Labute approximate surface area is 178 Å². The Hall–Kier alpha value is -1.96. The highest BCUT2D eigenvalue weighted by molar-refractivity contribution is 8.93. The van der Waals surface area contributed by atoms with Crippen LogP contribution in [0.25, 0.3) is 11.3 Å². The van der Waals surface area contributed by atoms with Gasteiger partial charge in [0.2, 0.25) is 4.80 Å². The summed E-state index contributed by atoms with van der Waals surface area (Å²) in [6, 6.07) is 12.9. The number of halogens is 2. The number of ether oxygens (including phenoxy) is 1. The third kappa shape index (κ3) is 4.37. The molecule has 4 rings (SSSR count). The maximum Gasteiger partial charge on any atom is 0.209 e. The van der Waals surface area contributed by atoms with Crippen LogP contribution < -0.4 is 9.81 Å². The van der Waals surface area contributed by atoms with Crippen LogP contribution in [0.3, 0.4) is 0 Å². The van der Waals surface area contributed by atoms with E-state index in [1.807, 2.05) is 12.1 Å². The summed E-state index contributed by atoms with van der Waals surface area (Å²) >= 11 is 1.60. The van der Waals surface area contributed by atoms with Gasteiger partial charge in [-0.1, -0.05) is 12.1 Å². The van der Waals surface area contributed by atoms with Crippen molar-refractivity contribution in [1.29, 1.82) is 0 Å². The van der Waals surface area contributed by atoms with Crippen molar-refractivity contribution in [2.45, 2.75) is 13.8 Å². The van der Waals surface area contributed by atoms with Gasteiger partial charge in [-0.15, -0.1) is 28.3 Å². The average molecular weight is 464 g/mol. The maximum atomic E-state index is 13.4. The van der Waals surface area contributed by atoms with Crippen LogP contribution in [0.4, 0.5) is 10.1 Å². The van der Waals surface area contributed by atoms with Crippen LogP contribution in [-0.2, 0) is 4.74 Å². The van der Waals surface area contributed by atoms with Gasteiger partial charge in [0.05, 0.1) is 37.7 Å². The van der Waals surface area contributed by atoms with Gasteiger partial charge in [0.1, 0.15) is 5.82 Å². The van der Waals surface area contributed by atoms with Crippen molar-refractivity contribution in [2.75, 3.05) is 31.3 Å². The average Bonchev–Trinajstić information content (AvgIpc) is 3.09. The Bertz CT molecular complexity index is 1010. The first-order valence-corrected chi connectivity index (χ1v) is 9.91. The highest BCUT2D eigenvalue weighted by Crippen LogP contribution is 2.23. The van der Waals surface area contributed by atoms with Gasteiger partial charge in [-0.2, -0.15) is 0 Å². The normalized spacial score (nSPS) is 14.8. The molecule has 2 aromatic carbocycles. The summed E-state index contributed by atoms with van der Waals surface area (Å²) in [6.07, 6.45) is 0. The van der Waals surface area contributed by atoms with E-state index in [0.717, 1.165) is 40.4 Å². The minimum absolute atomic E-state index is 0. The molecular weight excluding hydrogens is 441 g/mol. The number of rotatable bonds is 3. The summed E-state index contributed by atoms with van der Waals surface area (Å²) in [5.74, 6) is -0.229. The number of aryl methyl sites for hydroxylation is 2. The molecule has 0 radical (unpaired) electrons. The van der Waals surface area contributed by atoms with Gasteiger partial charge in [-0.3, -0.25) is 0 Å². The van der Waals surface area contributed by atoms with E-state index in [2.05, 4.69) is 47.1 Å². The first kappa shape index (κ1) is 20.8. The number of aromatic nitrogens is 1. The van der Waals surface area contributed by atoms with E-state index < -0.39 is 0 Å². The molecule has 0 bridgehead atoms. The molecule has 1 aromatic heterocycles. The fraction of sp³-hybridized carbons (Fsp3) is 0.286. The van der Waals surface area contributed by atoms with Crippen molar-refractivity contribution >= 4 is 34.0 Å². The number of nitrogens with zero attached hydrogens (tertiary/aromatic N) is 3. The Balaban J connectivity index is 0.00000225. The lowest BCUT2D eigenvalue weighted by Crippen LogP contribution is -2.48. The zero-order chi connectivity index (χ0) is 18.8. The Morgan fingerprint density at radius 3 is 2.46 bits per heavy atom. The van der Waals surface area contributed by atoms with E-state index in [4.69, 9.17) is 9.73 Å². The largest absolute Gasteiger partial charge is 0.378 e. The van der Waals surface area contributed by atoms with Crippen LogP contribution in [0.15, 0.2) is 52.8 Å². The minimum atomic E-state index is -0.229. The molecule has 0 atom stereocenters. The Morgan fingerprint density at radius 2 is 1.75 bits per heavy atom. The van der Waals surface area contributed by atoms with Gasteiger partial charge in [-0.05, 0) is 55.3 Å². The van der Waals surface area contributed by atoms with E-state index in [1.165, 1.54) is 17.7 Å². The molecule has 1 fully saturated rings. The maximum absolute atomic E-state index is 13.4. The standard InChI is InChI=1S/C21H22FN3OS.BrH/c1-15-3-4-16(2)19(13-15)23-21-25(24-9-11-26-12-10-24)20(14-27-21)17-5-7-18(22)8-6-17;/h3-8,13-14H,9-12H2,1-2H3;1H. The van der Waals surface area contributed by atoms with Gasteiger partial charge in [0.15, 0.2) is 0 Å². The number of benzene rings is 2. The lowest BCUT2D eigenvalue weighted by molar-refractivity contribution is 0.111. The van der Waals surface area contributed by atoms with Crippen molar-refractivity contribution in [3.63, 3.8) is 0 Å². The number of hydrogen-bond donors (Lipinski definition) is 0. The summed E-state index contributed by atoms with van der Waals surface area (Å²) in [7, 11) is 0. The highest BCUT2D eigenvalue weighted by atomic mass is 79.9. The topological polar surface area (TPSA) is 29.8 Å². The van der Waals surface area contributed by atoms with E-state index in [9.17, 15) is 4.39 Å². The number of morpholine rings is 1. The second-order valence-corrected chi connectivity index (χ2v) is 7.53. The number of thiazole rings is 1. The molecule has 0 unspecified atom stereocenters. The van der Waals surface area contributed by atoms with Crippen molar-refractivity contribution < 1.29 is 9.13 Å². The Kier molecular flexibility index (Phi) is 6.69. The predicted octanol–water partition coefficient (Wildman–Crippen LogP) is 4.75. The molecule has 4 nitrogen and oxygen atoms in total. The Morgan fingerprint density at radius 1 is 1.04 bits per heavy atom. The predicted molar refractivity (Wildman–Crippen MR) is 118 cm³/mol. The molecule has 0 amide bonds. The molecule has 3 aromatic rings. The van der Waals surface area contributed by atoms with Crippen LogP contribution in [0.2, 0.25) is 0 Å². The van der Waals surface area contributed by atoms with E-state index >= 15 is 0 Å². The highest BCUT2D eigenvalue weighted by Gasteiger charge is 2.17. The molecule has 1 saturated heterocycles. The van der Waals surface area contributed by atoms with Gasteiger partial charge < -0.3 is 9.75 Å². The molecule has 148 valence electrons. The summed E-state index contributed by atoms with van der Waals surface area (Å²) < 4.78 is 21.1. The molecule has 0 spiro atoms. The first-order chi connectivity index (χ1) is 13.1. The van der Waals surface area contributed by atoms with Gasteiger partial charge >= 0.3 is 0 Å². The molecule has 2 heterocycles. The third-order valence-electron chi connectivity index (χ3n) is 4.68. The number of hydrogen-bond acceptors (Lipinski definition) is 4. The fourth-order valence-electron chi connectivity index (χ4n) is 3.17. The molecular formula is C21H23BrFN3OS. The van der Waals surface area contributed by atoms with Crippen LogP contribution in [0, 0.1) is 19.7 Å². The molecule has 0 aliphatic carbocycles. The minimum Gasteiger partial charge on any atom is -0.378 e. The quantitative estimate of drug-likeness (QED) is 0.560. The van der Waals surface area contributed by atoms with Crippen LogP contribution in [0.1, 0.15) is 11.1 Å². The summed E-state index contributed by atoms with van der Waals surface area (Å²) in [5.41, 5.74) is 5.30. The van der Waals surface area contributed by atoms with Crippen molar-refractivity contribution in [3.8, 4) is 11.3 Å². The molecule has 0 N–H and O–H groups in total. The van der Waals surface area contributed by atoms with Crippen LogP contribution >= 0.6 is 28.3 Å². The summed E-state index contributed by atoms with van der Waals surface area (Å²) in [6.45, 7) is 7.12. The lowest BCUT2D eigenvalue weighted by Gasteiger charge is -2.31. The third-order valence-corrected chi connectivity index (χ3v) is 5.49. The monoisotopic (exact) mass is 463 g/mol. The SMILES string of the molecule is Br.Cc1ccc(C)c(N=c2scc(-c3ccc(F)cc3)n2N2CCOCC2)c1. The van der Waals surface area contributed by atoms with Crippen molar-refractivity contribution in [3.05, 3.63) is 69.6 Å². The van der Waals surface area contributed by atoms with Gasteiger partial charge in [0.25, 0.3) is 0 Å². The fourth-order valence-corrected chi connectivity index (χ4v) is 4.08. The van der Waals surface area contributed by atoms with E-state index in [-0.39, 0.29) is 22.8 Å². The lowest BCUT2D eigenvalue weighted by atomic mass is 10.1. The van der Waals surface area contributed by atoms with Gasteiger partial charge in [0, 0.05) is 10.9 Å². The summed E-state index contributed by atoms with van der Waals surface area (Å²) in [5, 5.41) is 4.34. The van der Waals surface area contributed by atoms with Gasteiger partial charge in [-0.25, -0.2) is 14.1 Å². The zero-order valence-corrected chi connectivity index (χ0v) is 18.4. The molecule has 28 heavy (non-hydrogen) atoms. The van der Waals surface area contributed by atoms with E-state index in [0.29, 0.717) is 13.2 Å².